The van der Waals surface area contributed by atoms with Crippen LogP contribution in [0, 0.1) is 19.7 Å². The molecule has 1 heterocycles. The van der Waals surface area contributed by atoms with Crippen LogP contribution < -0.4 is 0 Å². The van der Waals surface area contributed by atoms with Crippen LogP contribution in [0.3, 0.4) is 0 Å². The van der Waals surface area contributed by atoms with Crippen LogP contribution in [-0.2, 0) is 6.54 Å². The van der Waals surface area contributed by atoms with Crippen molar-refractivity contribution in [2.75, 3.05) is 0 Å². The maximum Gasteiger partial charge on any atom is 0.254 e. The zero-order valence-corrected chi connectivity index (χ0v) is 15.5. The van der Waals surface area contributed by atoms with Crippen LogP contribution >= 0.6 is 0 Å². The Hall–Kier alpha value is -2.95. The maximum absolute atomic E-state index is 14.0. The molecule has 1 aliphatic rings. The van der Waals surface area contributed by atoms with E-state index in [2.05, 4.69) is 5.10 Å². The number of aromatic nitrogens is 2. The summed E-state index contributed by atoms with van der Waals surface area (Å²) in [6.45, 7) is 4.26. The summed E-state index contributed by atoms with van der Waals surface area (Å²) < 4.78 is 15.9. The van der Waals surface area contributed by atoms with Crippen molar-refractivity contribution < 1.29 is 9.18 Å². The van der Waals surface area contributed by atoms with E-state index >= 15 is 0 Å². The smallest absolute Gasteiger partial charge is 0.254 e. The Bertz CT molecular complexity index is 973. The van der Waals surface area contributed by atoms with E-state index in [1.807, 2.05) is 48.9 Å². The molecule has 0 unspecified atom stereocenters. The lowest BCUT2D eigenvalue weighted by Crippen LogP contribution is -2.32. The number of benzene rings is 2. The summed E-state index contributed by atoms with van der Waals surface area (Å²) >= 11 is 0. The number of carbonyl (C=O) groups excluding carboxylic acids is 1. The standard InChI is InChI=1S/C22H22FN3O/c1-15-13-16(2)26(24-15)20-9-7-17(8-10-20)22(27)25(19-11-12-19)14-18-5-3-4-6-21(18)23/h3-10,13,19H,11-12,14H2,1-2H3. The molecule has 2 aromatic carbocycles. The van der Waals surface area contributed by atoms with Gasteiger partial charge < -0.3 is 4.90 Å². The highest BCUT2D eigenvalue weighted by Crippen LogP contribution is 2.30. The number of halogens is 1. The molecule has 0 saturated heterocycles. The number of rotatable bonds is 5. The second-order valence-electron chi connectivity index (χ2n) is 7.14. The fourth-order valence-electron chi connectivity index (χ4n) is 3.36. The minimum atomic E-state index is -0.268. The van der Waals surface area contributed by atoms with Gasteiger partial charge >= 0.3 is 0 Å². The molecule has 0 N–H and O–H groups in total. The first kappa shape index (κ1) is 17.5. The summed E-state index contributed by atoms with van der Waals surface area (Å²) in [6.07, 6.45) is 1.95. The Morgan fingerprint density at radius 2 is 1.85 bits per heavy atom. The van der Waals surface area contributed by atoms with E-state index in [4.69, 9.17) is 0 Å². The number of hydrogen-bond acceptors (Lipinski definition) is 2. The van der Waals surface area contributed by atoms with Crippen molar-refractivity contribution in [3.63, 3.8) is 0 Å². The van der Waals surface area contributed by atoms with E-state index in [-0.39, 0.29) is 17.8 Å². The third kappa shape index (κ3) is 3.63. The average molecular weight is 363 g/mol. The Morgan fingerprint density at radius 3 is 2.44 bits per heavy atom. The van der Waals surface area contributed by atoms with Crippen LogP contribution in [0.25, 0.3) is 5.69 Å². The van der Waals surface area contributed by atoms with Gasteiger partial charge in [-0.3, -0.25) is 4.79 Å². The molecule has 138 valence electrons. The molecular weight excluding hydrogens is 341 g/mol. The summed E-state index contributed by atoms with van der Waals surface area (Å²) in [5.41, 5.74) is 4.09. The fourth-order valence-corrected chi connectivity index (χ4v) is 3.36. The van der Waals surface area contributed by atoms with Gasteiger partial charge in [-0.05, 0) is 63.1 Å². The lowest BCUT2D eigenvalue weighted by atomic mass is 10.1. The third-order valence-electron chi connectivity index (χ3n) is 4.92. The summed E-state index contributed by atoms with van der Waals surface area (Å²) in [7, 11) is 0. The molecule has 0 radical (unpaired) electrons. The van der Waals surface area contributed by atoms with Crippen LogP contribution in [-0.4, -0.2) is 26.6 Å². The van der Waals surface area contributed by atoms with Gasteiger partial charge in [0.05, 0.1) is 11.4 Å². The van der Waals surface area contributed by atoms with Gasteiger partial charge in [0.2, 0.25) is 0 Å². The largest absolute Gasteiger partial charge is 0.331 e. The van der Waals surface area contributed by atoms with Crippen LogP contribution in [0.15, 0.2) is 54.6 Å². The molecule has 3 aromatic rings. The van der Waals surface area contributed by atoms with Gasteiger partial charge in [-0.25, -0.2) is 9.07 Å². The highest BCUT2D eigenvalue weighted by molar-refractivity contribution is 5.94. The molecular formula is C22H22FN3O. The molecule has 0 bridgehead atoms. The van der Waals surface area contributed by atoms with Gasteiger partial charge in [-0.15, -0.1) is 0 Å². The first-order chi connectivity index (χ1) is 13.0. The fraction of sp³-hybridized carbons (Fsp3) is 0.273. The maximum atomic E-state index is 14.0. The molecule has 0 atom stereocenters. The van der Waals surface area contributed by atoms with Crippen molar-refractivity contribution in [3.05, 3.63) is 82.9 Å². The van der Waals surface area contributed by atoms with Crippen LogP contribution in [0.5, 0.6) is 0 Å². The molecule has 1 amide bonds. The predicted molar refractivity (Wildman–Crippen MR) is 102 cm³/mol. The summed E-state index contributed by atoms with van der Waals surface area (Å²) in [6, 6.07) is 16.3. The van der Waals surface area contributed by atoms with Crippen molar-refractivity contribution in [2.24, 2.45) is 0 Å². The first-order valence-electron chi connectivity index (χ1n) is 9.21. The second-order valence-corrected chi connectivity index (χ2v) is 7.14. The Morgan fingerprint density at radius 1 is 1.15 bits per heavy atom. The van der Waals surface area contributed by atoms with Crippen LogP contribution in [0.2, 0.25) is 0 Å². The Balaban J connectivity index is 1.57. The highest BCUT2D eigenvalue weighted by atomic mass is 19.1. The monoisotopic (exact) mass is 363 g/mol. The molecule has 4 nitrogen and oxygen atoms in total. The summed E-state index contributed by atoms with van der Waals surface area (Å²) in [5.74, 6) is -0.323. The van der Waals surface area contributed by atoms with Gasteiger partial charge in [-0.1, -0.05) is 18.2 Å². The molecule has 1 aliphatic carbocycles. The van der Waals surface area contributed by atoms with Crippen molar-refractivity contribution in [2.45, 2.75) is 39.3 Å². The first-order valence-corrected chi connectivity index (χ1v) is 9.21. The average Bonchev–Trinajstić information content (AvgIpc) is 3.44. The second kappa shape index (κ2) is 6.99. The molecule has 4 rings (SSSR count). The van der Waals surface area contributed by atoms with Crippen molar-refractivity contribution in [1.82, 2.24) is 14.7 Å². The van der Waals surface area contributed by atoms with Gasteiger partial charge in [0.25, 0.3) is 5.91 Å². The lowest BCUT2D eigenvalue weighted by Gasteiger charge is -2.23. The van der Waals surface area contributed by atoms with E-state index in [0.717, 1.165) is 29.9 Å². The number of carbonyl (C=O) groups is 1. The van der Waals surface area contributed by atoms with Gasteiger partial charge in [0.15, 0.2) is 0 Å². The van der Waals surface area contributed by atoms with Gasteiger partial charge in [0.1, 0.15) is 5.82 Å². The van der Waals surface area contributed by atoms with E-state index in [0.29, 0.717) is 17.7 Å². The van der Waals surface area contributed by atoms with Crippen molar-refractivity contribution >= 4 is 5.91 Å². The van der Waals surface area contributed by atoms with Crippen molar-refractivity contribution in [3.8, 4) is 5.69 Å². The van der Waals surface area contributed by atoms with Gasteiger partial charge in [-0.2, -0.15) is 5.10 Å². The Kier molecular flexibility index (Phi) is 4.52. The summed E-state index contributed by atoms with van der Waals surface area (Å²) in [5, 5.41) is 4.47. The zero-order chi connectivity index (χ0) is 19.0. The van der Waals surface area contributed by atoms with E-state index in [1.54, 1.807) is 23.1 Å². The van der Waals surface area contributed by atoms with Crippen LogP contribution in [0.1, 0.15) is 40.2 Å². The van der Waals surface area contributed by atoms with E-state index in [1.165, 1.54) is 6.07 Å². The van der Waals surface area contributed by atoms with Gasteiger partial charge in [0, 0.05) is 29.4 Å². The highest BCUT2D eigenvalue weighted by Gasteiger charge is 2.33. The molecule has 27 heavy (non-hydrogen) atoms. The predicted octanol–water partition coefficient (Wildman–Crippen LogP) is 4.43. The topological polar surface area (TPSA) is 38.1 Å². The third-order valence-corrected chi connectivity index (χ3v) is 4.92. The Labute approximate surface area is 158 Å². The zero-order valence-electron chi connectivity index (χ0n) is 15.5. The molecule has 0 aliphatic heterocycles. The minimum absolute atomic E-state index is 0.0549. The van der Waals surface area contributed by atoms with Crippen LogP contribution in [0.4, 0.5) is 4.39 Å². The summed E-state index contributed by atoms with van der Waals surface area (Å²) in [4.78, 5) is 14.8. The van der Waals surface area contributed by atoms with E-state index < -0.39 is 0 Å². The number of hydrogen-bond donors (Lipinski definition) is 0. The molecule has 1 fully saturated rings. The van der Waals surface area contributed by atoms with E-state index in [9.17, 15) is 9.18 Å². The molecule has 0 spiro atoms. The number of nitrogens with zero attached hydrogens (tertiary/aromatic N) is 3. The number of aryl methyl sites for hydroxylation is 2. The van der Waals surface area contributed by atoms with Crippen molar-refractivity contribution in [1.29, 1.82) is 0 Å². The minimum Gasteiger partial charge on any atom is -0.331 e. The quantitative estimate of drug-likeness (QED) is 0.672. The molecule has 1 aromatic heterocycles. The molecule has 1 saturated carbocycles. The lowest BCUT2D eigenvalue weighted by molar-refractivity contribution is 0.0728. The molecule has 5 heteroatoms. The normalized spacial score (nSPS) is 13.6. The number of amides is 1. The SMILES string of the molecule is Cc1cc(C)n(-c2ccc(C(=O)N(Cc3ccccc3F)C3CC3)cc2)n1.